The van der Waals surface area contributed by atoms with Crippen molar-refractivity contribution >= 4 is 34.8 Å². The maximum absolute atomic E-state index is 12.0. The Hall–Kier alpha value is -0.770. The van der Waals surface area contributed by atoms with E-state index in [0.717, 1.165) is 0 Å². The van der Waals surface area contributed by atoms with Crippen molar-refractivity contribution in [2.24, 2.45) is 5.92 Å². The molecule has 1 amide bonds. The number of carbonyl (C=O) groups excluding carboxylic acids is 1. The predicted octanol–water partition coefficient (Wildman–Crippen LogP) is 3.48. The van der Waals surface area contributed by atoms with E-state index in [0.29, 0.717) is 41.4 Å². The molecule has 2 N–H and O–H groups in total. The van der Waals surface area contributed by atoms with Gasteiger partial charge >= 0.3 is 0 Å². The lowest BCUT2D eigenvalue weighted by Crippen LogP contribution is -2.28. The molecular formula is C13H15Cl2NO2. The molecule has 1 fully saturated rings. The molecule has 18 heavy (non-hydrogen) atoms. The van der Waals surface area contributed by atoms with Gasteiger partial charge in [0.1, 0.15) is 0 Å². The van der Waals surface area contributed by atoms with Crippen LogP contribution in [0.5, 0.6) is 0 Å². The summed E-state index contributed by atoms with van der Waals surface area (Å²) in [5, 5.41) is 13.0. The molecule has 5 heteroatoms. The maximum Gasteiger partial charge on any atom is 0.227 e. The summed E-state index contributed by atoms with van der Waals surface area (Å²) in [4.78, 5) is 12.0. The second-order valence-electron chi connectivity index (χ2n) is 4.60. The van der Waals surface area contributed by atoms with Crippen LogP contribution >= 0.6 is 23.2 Å². The van der Waals surface area contributed by atoms with Crippen LogP contribution in [0.3, 0.4) is 0 Å². The van der Waals surface area contributed by atoms with Gasteiger partial charge in [0, 0.05) is 5.92 Å². The van der Waals surface area contributed by atoms with Crippen molar-refractivity contribution in [2.45, 2.75) is 31.8 Å². The van der Waals surface area contributed by atoms with Crippen molar-refractivity contribution in [3.63, 3.8) is 0 Å². The molecule has 1 saturated carbocycles. The smallest absolute Gasteiger partial charge is 0.227 e. The molecule has 1 aliphatic rings. The molecule has 0 radical (unpaired) electrons. The normalized spacial score (nSPS) is 23.7. The van der Waals surface area contributed by atoms with Gasteiger partial charge in [-0.2, -0.15) is 0 Å². The minimum atomic E-state index is -0.260. The first-order valence-corrected chi connectivity index (χ1v) is 6.76. The summed E-state index contributed by atoms with van der Waals surface area (Å²) in [6.07, 6.45) is 2.53. The number of anilines is 1. The number of nitrogens with one attached hydrogen (secondary N) is 1. The lowest BCUT2D eigenvalue weighted by Gasteiger charge is -2.24. The molecule has 0 unspecified atom stereocenters. The van der Waals surface area contributed by atoms with Gasteiger partial charge in [-0.1, -0.05) is 29.3 Å². The third-order valence-corrected chi connectivity index (χ3v) is 4.10. The highest BCUT2D eigenvalue weighted by Gasteiger charge is 2.25. The zero-order chi connectivity index (χ0) is 13.1. The van der Waals surface area contributed by atoms with Crippen LogP contribution < -0.4 is 5.32 Å². The summed E-state index contributed by atoms with van der Waals surface area (Å²) in [6.45, 7) is 0. The fourth-order valence-electron chi connectivity index (χ4n) is 2.17. The van der Waals surface area contributed by atoms with Crippen LogP contribution in [0, 0.1) is 5.92 Å². The monoisotopic (exact) mass is 287 g/mol. The summed E-state index contributed by atoms with van der Waals surface area (Å²) in [7, 11) is 0. The van der Waals surface area contributed by atoms with E-state index in [4.69, 9.17) is 23.2 Å². The van der Waals surface area contributed by atoms with Crippen LogP contribution in [0.4, 0.5) is 5.69 Å². The third kappa shape index (κ3) is 3.16. The molecule has 1 aliphatic carbocycles. The maximum atomic E-state index is 12.0. The van der Waals surface area contributed by atoms with Crippen LogP contribution in [0.25, 0.3) is 0 Å². The van der Waals surface area contributed by atoms with Crippen molar-refractivity contribution in [3.8, 4) is 0 Å². The van der Waals surface area contributed by atoms with Crippen LogP contribution in [-0.2, 0) is 4.79 Å². The van der Waals surface area contributed by atoms with Gasteiger partial charge in [0.25, 0.3) is 0 Å². The van der Waals surface area contributed by atoms with E-state index >= 15 is 0 Å². The Kier molecular flexibility index (Phi) is 4.49. The number of rotatable bonds is 2. The van der Waals surface area contributed by atoms with E-state index in [1.807, 2.05) is 0 Å². The van der Waals surface area contributed by atoms with E-state index in [1.165, 1.54) is 0 Å². The van der Waals surface area contributed by atoms with Crippen molar-refractivity contribution < 1.29 is 9.90 Å². The number of hydrogen-bond donors (Lipinski definition) is 2. The molecule has 0 aromatic heterocycles. The van der Waals surface area contributed by atoms with Gasteiger partial charge in [-0.3, -0.25) is 4.79 Å². The standard InChI is InChI=1S/C13H15Cl2NO2/c14-10-2-1-3-11(12(10)15)16-13(18)8-4-6-9(17)7-5-8/h1-3,8-9,17H,4-7H2,(H,16,18). The highest BCUT2D eigenvalue weighted by molar-refractivity contribution is 6.43. The Morgan fingerprint density at radius 2 is 1.89 bits per heavy atom. The summed E-state index contributed by atoms with van der Waals surface area (Å²) in [5.41, 5.74) is 0.542. The molecule has 2 rings (SSSR count). The topological polar surface area (TPSA) is 49.3 Å². The van der Waals surface area contributed by atoms with Crippen LogP contribution in [0.1, 0.15) is 25.7 Å². The second kappa shape index (κ2) is 5.91. The number of aliphatic hydroxyl groups excluding tert-OH is 1. The molecule has 0 aliphatic heterocycles. The number of hydrogen-bond acceptors (Lipinski definition) is 2. The fraction of sp³-hybridized carbons (Fsp3) is 0.462. The number of halogens is 2. The summed E-state index contributed by atoms with van der Waals surface area (Å²) in [5.74, 6) is -0.102. The zero-order valence-electron chi connectivity index (χ0n) is 9.83. The van der Waals surface area contributed by atoms with Crippen LogP contribution in [0.2, 0.25) is 10.0 Å². The van der Waals surface area contributed by atoms with Gasteiger partial charge in [-0.15, -0.1) is 0 Å². The average molecular weight is 288 g/mol. The molecule has 0 atom stereocenters. The van der Waals surface area contributed by atoms with Gasteiger partial charge < -0.3 is 10.4 Å². The van der Waals surface area contributed by atoms with E-state index in [2.05, 4.69) is 5.32 Å². The molecule has 98 valence electrons. The number of amides is 1. The van der Waals surface area contributed by atoms with Crippen molar-refractivity contribution in [1.82, 2.24) is 0 Å². The first kappa shape index (κ1) is 13.7. The Bertz CT molecular complexity index is 443. The Morgan fingerprint density at radius 3 is 2.56 bits per heavy atom. The molecule has 0 saturated heterocycles. The quantitative estimate of drug-likeness (QED) is 0.875. The Morgan fingerprint density at radius 1 is 1.22 bits per heavy atom. The summed E-state index contributed by atoms with van der Waals surface area (Å²) >= 11 is 11.9. The van der Waals surface area contributed by atoms with Gasteiger partial charge in [0.2, 0.25) is 5.91 Å². The molecule has 3 nitrogen and oxygen atoms in total. The van der Waals surface area contributed by atoms with Crippen molar-refractivity contribution in [1.29, 1.82) is 0 Å². The van der Waals surface area contributed by atoms with E-state index in [-0.39, 0.29) is 17.9 Å². The minimum absolute atomic E-state index is 0.0499. The molecule has 0 spiro atoms. The van der Waals surface area contributed by atoms with E-state index in [1.54, 1.807) is 18.2 Å². The van der Waals surface area contributed by atoms with Crippen molar-refractivity contribution in [2.75, 3.05) is 5.32 Å². The Balaban J connectivity index is 2.01. The number of carbonyl (C=O) groups is 1. The van der Waals surface area contributed by atoms with Gasteiger partial charge in [0.15, 0.2) is 0 Å². The minimum Gasteiger partial charge on any atom is -0.393 e. The van der Waals surface area contributed by atoms with Gasteiger partial charge in [-0.05, 0) is 37.8 Å². The summed E-state index contributed by atoms with van der Waals surface area (Å²) in [6, 6.07) is 5.15. The lowest BCUT2D eigenvalue weighted by atomic mass is 9.87. The highest BCUT2D eigenvalue weighted by Crippen LogP contribution is 2.31. The summed E-state index contributed by atoms with van der Waals surface area (Å²) < 4.78 is 0. The van der Waals surface area contributed by atoms with E-state index in [9.17, 15) is 9.90 Å². The fourth-order valence-corrected chi connectivity index (χ4v) is 2.52. The molecular weight excluding hydrogens is 273 g/mol. The average Bonchev–Trinajstić information content (AvgIpc) is 2.36. The first-order chi connectivity index (χ1) is 8.58. The molecule has 1 aromatic carbocycles. The Labute approximate surface area is 116 Å². The first-order valence-electron chi connectivity index (χ1n) is 6.01. The van der Waals surface area contributed by atoms with Crippen LogP contribution in [0.15, 0.2) is 18.2 Å². The second-order valence-corrected chi connectivity index (χ2v) is 5.38. The predicted molar refractivity (Wildman–Crippen MR) is 73.1 cm³/mol. The third-order valence-electron chi connectivity index (χ3n) is 3.28. The van der Waals surface area contributed by atoms with Crippen molar-refractivity contribution in [3.05, 3.63) is 28.2 Å². The van der Waals surface area contributed by atoms with Crippen LogP contribution in [-0.4, -0.2) is 17.1 Å². The number of aliphatic hydroxyl groups is 1. The lowest BCUT2D eigenvalue weighted by molar-refractivity contribution is -0.121. The number of benzene rings is 1. The van der Waals surface area contributed by atoms with Gasteiger partial charge in [-0.25, -0.2) is 0 Å². The largest absolute Gasteiger partial charge is 0.393 e. The SMILES string of the molecule is O=C(Nc1cccc(Cl)c1Cl)C1CCC(O)CC1. The van der Waals surface area contributed by atoms with Gasteiger partial charge in [0.05, 0.1) is 21.8 Å². The molecule has 0 heterocycles. The zero-order valence-corrected chi connectivity index (χ0v) is 11.3. The molecule has 0 bridgehead atoms. The molecule has 1 aromatic rings. The van der Waals surface area contributed by atoms with E-state index < -0.39 is 0 Å². The highest BCUT2D eigenvalue weighted by atomic mass is 35.5.